The van der Waals surface area contributed by atoms with E-state index in [1.54, 1.807) is 0 Å². The summed E-state index contributed by atoms with van der Waals surface area (Å²) in [5.74, 6) is 0.879. The van der Waals surface area contributed by atoms with E-state index in [0.29, 0.717) is 0 Å². The molecule has 1 aromatic heterocycles. The van der Waals surface area contributed by atoms with Crippen LogP contribution in [0.1, 0.15) is 99.6 Å². The van der Waals surface area contributed by atoms with Gasteiger partial charge in [0.1, 0.15) is 0 Å². The largest absolute Gasteiger partial charge is 0.362 e. The second kappa shape index (κ2) is 11.4. The highest BCUT2D eigenvalue weighted by Crippen LogP contribution is 2.23. The van der Waals surface area contributed by atoms with Crippen molar-refractivity contribution in [3.8, 4) is 0 Å². The van der Waals surface area contributed by atoms with Gasteiger partial charge in [0, 0.05) is 22.5 Å². The number of rotatable bonds is 11. The molecule has 0 bridgehead atoms. The third-order valence-electron chi connectivity index (χ3n) is 6.14. The number of hydrogen-bond acceptors (Lipinski definition) is 1. The van der Waals surface area contributed by atoms with Crippen molar-refractivity contribution in [2.24, 2.45) is 5.92 Å². The summed E-state index contributed by atoms with van der Waals surface area (Å²) >= 11 is 0. The molecule has 0 saturated carbocycles. The lowest BCUT2D eigenvalue weighted by atomic mass is 9.91. The first kappa shape index (κ1) is 21.0. The van der Waals surface area contributed by atoms with Gasteiger partial charge in [0.15, 0.2) is 5.43 Å². The van der Waals surface area contributed by atoms with E-state index >= 15 is 0 Å². The summed E-state index contributed by atoms with van der Waals surface area (Å²) in [6, 6.07) is 0. The van der Waals surface area contributed by atoms with Crippen LogP contribution in [0, 0.1) is 26.7 Å². The van der Waals surface area contributed by atoms with Crippen molar-refractivity contribution in [2.45, 2.75) is 104 Å². The Bertz CT molecular complexity index is 626. The summed E-state index contributed by atoms with van der Waals surface area (Å²) in [7, 11) is 0. The van der Waals surface area contributed by atoms with Crippen molar-refractivity contribution >= 4 is 0 Å². The van der Waals surface area contributed by atoms with Gasteiger partial charge in [-0.3, -0.25) is 4.79 Å². The molecule has 1 aromatic rings. The highest BCUT2D eigenvalue weighted by atomic mass is 16.1. The maximum Gasteiger partial charge on any atom is 0.187 e. The number of unbranched alkanes of at least 4 members (excludes halogenated alkanes) is 7. The molecule has 0 radical (unpaired) electrons. The molecule has 0 amide bonds. The summed E-state index contributed by atoms with van der Waals surface area (Å²) in [6.45, 7) is 5.88. The van der Waals surface area contributed by atoms with Crippen LogP contribution in [0.25, 0.3) is 0 Å². The zero-order chi connectivity index (χ0) is 18.8. The minimum Gasteiger partial charge on any atom is -0.362 e. The van der Waals surface area contributed by atoms with Crippen LogP contribution in [0.5, 0.6) is 0 Å². The van der Waals surface area contributed by atoms with Crippen LogP contribution in [-0.2, 0) is 6.42 Å². The van der Waals surface area contributed by atoms with Crippen LogP contribution in [0.3, 0.4) is 0 Å². The fraction of sp³-hybridized carbons (Fsp3) is 0.708. The van der Waals surface area contributed by atoms with Gasteiger partial charge in [-0.25, -0.2) is 0 Å². The summed E-state index contributed by atoms with van der Waals surface area (Å²) in [6.07, 6.45) is 22.1. The molecule has 2 rings (SSSR count). The Morgan fingerprint density at radius 1 is 0.923 bits per heavy atom. The fourth-order valence-corrected chi connectivity index (χ4v) is 4.14. The lowest BCUT2D eigenvalue weighted by Gasteiger charge is -2.15. The first-order valence-corrected chi connectivity index (χ1v) is 10.9. The number of aryl methyl sites for hydroxylation is 2. The first-order valence-electron chi connectivity index (χ1n) is 10.9. The van der Waals surface area contributed by atoms with Crippen LogP contribution in [0.2, 0.25) is 0 Å². The van der Waals surface area contributed by atoms with Gasteiger partial charge in [-0.05, 0) is 65.2 Å². The van der Waals surface area contributed by atoms with E-state index in [9.17, 15) is 4.79 Å². The molecule has 2 heteroatoms. The molecule has 0 fully saturated rings. The van der Waals surface area contributed by atoms with Gasteiger partial charge < -0.3 is 4.98 Å². The first-order chi connectivity index (χ1) is 12.6. The van der Waals surface area contributed by atoms with Gasteiger partial charge in [-0.2, -0.15) is 0 Å². The number of nitrogens with one attached hydrogen (secondary N) is 1. The molecule has 0 aromatic carbocycles. The Morgan fingerprint density at radius 3 is 2.23 bits per heavy atom. The molecule has 1 atom stereocenters. The highest BCUT2D eigenvalue weighted by molar-refractivity contribution is 5.28. The summed E-state index contributed by atoms with van der Waals surface area (Å²) < 4.78 is 0. The fourth-order valence-electron chi connectivity index (χ4n) is 4.14. The lowest BCUT2D eigenvalue weighted by Crippen LogP contribution is -2.16. The van der Waals surface area contributed by atoms with Crippen molar-refractivity contribution in [1.82, 2.24) is 4.98 Å². The number of aromatic nitrogens is 1. The maximum absolute atomic E-state index is 12.1. The van der Waals surface area contributed by atoms with Crippen LogP contribution >= 0.6 is 0 Å². The van der Waals surface area contributed by atoms with Crippen molar-refractivity contribution in [2.75, 3.05) is 0 Å². The quantitative estimate of drug-likeness (QED) is 0.346. The lowest BCUT2D eigenvalue weighted by molar-refractivity contribution is 0.467. The summed E-state index contributed by atoms with van der Waals surface area (Å²) in [5.41, 5.74) is 4.18. The molecular weight excluding hydrogens is 318 g/mol. The number of allylic oxidation sites excluding steroid dienone is 2. The molecule has 1 aliphatic rings. The second-order valence-corrected chi connectivity index (χ2v) is 8.29. The molecule has 1 N–H and O–H groups in total. The van der Waals surface area contributed by atoms with Gasteiger partial charge in [0.05, 0.1) is 0 Å². The van der Waals surface area contributed by atoms with E-state index in [1.165, 1.54) is 77.0 Å². The molecule has 1 unspecified atom stereocenters. The third kappa shape index (κ3) is 6.78. The maximum atomic E-state index is 12.1. The zero-order valence-corrected chi connectivity index (χ0v) is 17.3. The van der Waals surface area contributed by atoms with Gasteiger partial charge >= 0.3 is 0 Å². The minimum atomic E-state index is 0.222. The second-order valence-electron chi connectivity index (χ2n) is 8.29. The Balaban J connectivity index is 1.49. The van der Waals surface area contributed by atoms with Gasteiger partial charge in [0.2, 0.25) is 0 Å². The van der Waals surface area contributed by atoms with Crippen LogP contribution < -0.4 is 5.43 Å². The normalized spacial score (nSPS) is 17.0. The zero-order valence-electron chi connectivity index (χ0n) is 17.3. The van der Waals surface area contributed by atoms with Crippen molar-refractivity contribution in [3.63, 3.8) is 0 Å². The molecule has 26 heavy (non-hydrogen) atoms. The Labute approximate surface area is 160 Å². The standard InChI is InChI=1S/C24H39NO/c1-19-21(3)25-23(20(2)24(19)26)18-14-9-7-5-4-6-8-11-15-22-16-12-10-13-17-22/h12,16,22H,4-11,13-15,17-18H2,1-3H3,(H,25,26). The monoisotopic (exact) mass is 357 g/mol. The van der Waals surface area contributed by atoms with E-state index in [2.05, 4.69) is 17.1 Å². The molecular formula is C24H39NO. The molecule has 2 nitrogen and oxygen atoms in total. The third-order valence-corrected chi connectivity index (χ3v) is 6.14. The number of pyridine rings is 1. The average molecular weight is 358 g/mol. The molecule has 1 heterocycles. The van der Waals surface area contributed by atoms with Crippen LogP contribution in [-0.4, -0.2) is 4.98 Å². The minimum absolute atomic E-state index is 0.222. The SMILES string of the molecule is Cc1[nH]c(CCCCCCCCCCC2C=CCCC2)c(C)c(=O)c1C. The summed E-state index contributed by atoms with van der Waals surface area (Å²) in [5, 5.41) is 0. The van der Waals surface area contributed by atoms with Crippen molar-refractivity contribution in [3.05, 3.63) is 44.9 Å². The number of H-pyrrole nitrogens is 1. The van der Waals surface area contributed by atoms with E-state index in [-0.39, 0.29) is 5.43 Å². The van der Waals surface area contributed by atoms with E-state index in [4.69, 9.17) is 0 Å². The Hall–Kier alpha value is -1.31. The molecule has 0 spiro atoms. The van der Waals surface area contributed by atoms with E-state index in [0.717, 1.165) is 34.9 Å². The van der Waals surface area contributed by atoms with E-state index in [1.807, 2.05) is 20.8 Å². The number of hydrogen-bond donors (Lipinski definition) is 1. The smallest absolute Gasteiger partial charge is 0.187 e. The Kier molecular flexibility index (Phi) is 9.22. The topological polar surface area (TPSA) is 32.9 Å². The van der Waals surface area contributed by atoms with Gasteiger partial charge in [0.25, 0.3) is 0 Å². The van der Waals surface area contributed by atoms with Crippen LogP contribution in [0.15, 0.2) is 16.9 Å². The van der Waals surface area contributed by atoms with Crippen LogP contribution in [0.4, 0.5) is 0 Å². The highest BCUT2D eigenvalue weighted by Gasteiger charge is 2.08. The van der Waals surface area contributed by atoms with Crippen molar-refractivity contribution in [1.29, 1.82) is 0 Å². The number of aromatic amines is 1. The molecule has 0 saturated heterocycles. The molecule has 146 valence electrons. The molecule has 1 aliphatic carbocycles. The Morgan fingerprint density at radius 2 is 1.58 bits per heavy atom. The molecule has 0 aliphatic heterocycles. The summed E-state index contributed by atoms with van der Waals surface area (Å²) in [4.78, 5) is 15.6. The predicted molar refractivity (Wildman–Crippen MR) is 113 cm³/mol. The van der Waals surface area contributed by atoms with Crippen molar-refractivity contribution < 1.29 is 0 Å². The van der Waals surface area contributed by atoms with Gasteiger partial charge in [-0.15, -0.1) is 0 Å². The predicted octanol–water partition coefficient (Wildman–Crippen LogP) is 6.71. The van der Waals surface area contributed by atoms with Gasteiger partial charge in [-0.1, -0.05) is 57.1 Å². The van der Waals surface area contributed by atoms with E-state index < -0.39 is 0 Å². The average Bonchev–Trinajstić information content (AvgIpc) is 2.66.